The van der Waals surface area contributed by atoms with Gasteiger partial charge < -0.3 is 0 Å². The maximum atomic E-state index is 2.20. The van der Waals surface area contributed by atoms with Gasteiger partial charge in [0, 0.05) is 0 Å². The highest BCUT2D eigenvalue weighted by Gasteiger charge is 1.95. The van der Waals surface area contributed by atoms with Gasteiger partial charge in [-0.15, -0.1) is 0 Å². The number of aryl methyl sites for hydroxylation is 5. The fraction of sp³-hybridized carbons (Fsp3) is 0.250. The van der Waals surface area contributed by atoms with Crippen molar-refractivity contribution in [2.75, 3.05) is 0 Å². The molecule has 3 aromatic rings. The van der Waals surface area contributed by atoms with E-state index in [0.29, 0.717) is 0 Å². The zero-order valence-corrected chi connectivity index (χ0v) is 15.6. The Bertz CT molecular complexity index is 719. The van der Waals surface area contributed by atoms with Crippen molar-refractivity contribution in [1.82, 2.24) is 0 Å². The largest absolute Gasteiger partial charge is 0.0590 e. The maximum Gasteiger partial charge on any atom is -0.00258 e. The normalized spacial score (nSPS) is 10.0. The van der Waals surface area contributed by atoms with Crippen molar-refractivity contribution < 1.29 is 0 Å². The number of rotatable bonds is 2. The fourth-order valence-corrected chi connectivity index (χ4v) is 2.54. The SMILES string of the molecule is Cc1ccc(C)c(C)c1.Cc1ccc(Cc2ccc(C)cc2)cc1. The third-order valence-corrected chi connectivity index (χ3v) is 4.31. The summed E-state index contributed by atoms with van der Waals surface area (Å²) < 4.78 is 0. The van der Waals surface area contributed by atoms with Gasteiger partial charge in [0.15, 0.2) is 0 Å². The molecule has 0 saturated heterocycles. The first kappa shape index (κ1) is 18.0. The van der Waals surface area contributed by atoms with Crippen LogP contribution in [0.2, 0.25) is 0 Å². The quantitative estimate of drug-likeness (QED) is 0.506. The predicted molar refractivity (Wildman–Crippen MR) is 106 cm³/mol. The van der Waals surface area contributed by atoms with E-state index in [9.17, 15) is 0 Å². The molecule has 0 nitrogen and oxygen atoms in total. The van der Waals surface area contributed by atoms with Crippen LogP contribution >= 0.6 is 0 Å². The van der Waals surface area contributed by atoms with Gasteiger partial charge in [0.25, 0.3) is 0 Å². The Morgan fingerprint density at radius 3 is 1.25 bits per heavy atom. The minimum Gasteiger partial charge on any atom is -0.0590 e. The van der Waals surface area contributed by atoms with Gasteiger partial charge in [-0.25, -0.2) is 0 Å². The first-order chi connectivity index (χ1) is 11.4. The molecule has 0 heterocycles. The standard InChI is InChI=1S/C15H16.C9H12/c1-12-3-7-14(8-4-12)11-15-9-5-13(2)6-10-15;1-7-4-5-8(2)9(3)6-7/h3-10H,11H2,1-2H3;4-6H,1-3H3. The van der Waals surface area contributed by atoms with Crippen molar-refractivity contribution in [1.29, 1.82) is 0 Å². The molecule has 0 atom stereocenters. The minimum absolute atomic E-state index is 1.03. The molecule has 0 spiro atoms. The lowest BCUT2D eigenvalue weighted by Gasteiger charge is -2.03. The van der Waals surface area contributed by atoms with E-state index in [-0.39, 0.29) is 0 Å². The van der Waals surface area contributed by atoms with Crippen molar-refractivity contribution in [3.05, 3.63) is 106 Å². The molecular formula is C24H28. The molecule has 124 valence electrons. The van der Waals surface area contributed by atoms with Crippen molar-refractivity contribution in [3.63, 3.8) is 0 Å². The molecule has 0 N–H and O–H groups in total. The Hall–Kier alpha value is -2.34. The topological polar surface area (TPSA) is 0 Å². The molecule has 0 saturated carbocycles. The lowest BCUT2D eigenvalue weighted by atomic mass is 10.0. The minimum atomic E-state index is 1.03. The summed E-state index contributed by atoms with van der Waals surface area (Å²) in [5.74, 6) is 0. The molecule has 0 amide bonds. The molecule has 3 aromatic carbocycles. The number of benzene rings is 3. The average molecular weight is 316 g/mol. The smallest absolute Gasteiger partial charge is 0.00258 e. The van der Waals surface area contributed by atoms with E-state index in [1.807, 2.05) is 0 Å². The zero-order chi connectivity index (χ0) is 17.5. The van der Waals surface area contributed by atoms with Crippen molar-refractivity contribution in [3.8, 4) is 0 Å². The summed E-state index contributed by atoms with van der Waals surface area (Å²) in [4.78, 5) is 0. The Morgan fingerprint density at radius 1 is 0.458 bits per heavy atom. The summed E-state index contributed by atoms with van der Waals surface area (Å²) in [7, 11) is 0. The second-order valence-electron chi connectivity index (χ2n) is 6.74. The van der Waals surface area contributed by atoms with Crippen molar-refractivity contribution >= 4 is 0 Å². The molecule has 0 bridgehead atoms. The Balaban J connectivity index is 0.000000198. The molecular weight excluding hydrogens is 288 g/mol. The fourth-order valence-electron chi connectivity index (χ4n) is 2.54. The van der Waals surface area contributed by atoms with Crippen LogP contribution in [-0.4, -0.2) is 0 Å². The molecule has 0 unspecified atom stereocenters. The van der Waals surface area contributed by atoms with Crippen LogP contribution in [-0.2, 0) is 6.42 Å². The summed E-state index contributed by atoms with van der Waals surface area (Å²) in [5.41, 5.74) is 9.51. The lowest BCUT2D eigenvalue weighted by molar-refractivity contribution is 1.18. The van der Waals surface area contributed by atoms with Gasteiger partial charge in [0.05, 0.1) is 0 Å². The maximum absolute atomic E-state index is 2.20. The monoisotopic (exact) mass is 316 g/mol. The molecule has 24 heavy (non-hydrogen) atoms. The molecule has 0 heteroatoms. The van der Waals surface area contributed by atoms with Gasteiger partial charge in [0.2, 0.25) is 0 Å². The molecule has 0 aliphatic heterocycles. The Labute approximate surface area is 147 Å². The highest BCUT2D eigenvalue weighted by Crippen LogP contribution is 2.11. The number of hydrogen-bond donors (Lipinski definition) is 0. The van der Waals surface area contributed by atoms with Crippen LogP contribution in [0.4, 0.5) is 0 Å². The van der Waals surface area contributed by atoms with Gasteiger partial charge >= 0.3 is 0 Å². The highest BCUT2D eigenvalue weighted by molar-refractivity contribution is 5.30. The first-order valence-corrected chi connectivity index (χ1v) is 8.59. The van der Waals surface area contributed by atoms with E-state index >= 15 is 0 Å². The van der Waals surface area contributed by atoms with Crippen LogP contribution in [0.3, 0.4) is 0 Å². The van der Waals surface area contributed by atoms with Gasteiger partial charge in [-0.2, -0.15) is 0 Å². The van der Waals surface area contributed by atoms with Crippen molar-refractivity contribution in [2.45, 2.75) is 41.0 Å². The Kier molecular flexibility index (Phi) is 6.37. The predicted octanol–water partition coefficient (Wildman–Crippen LogP) is 6.51. The lowest BCUT2D eigenvalue weighted by Crippen LogP contribution is -1.88. The molecule has 0 aliphatic rings. The summed E-state index contributed by atoms with van der Waals surface area (Å²) in [6.45, 7) is 10.6. The highest BCUT2D eigenvalue weighted by atomic mass is 14.0. The third kappa shape index (κ3) is 5.70. The summed E-state index contributed by atoms with van der Waals surface area (Å²) in [6, 6.07) is 24.0. The van der Waals surface area contributed by atoms with E-state index in [4.69, 9.17) is 0 Å². The van der Waals surface area contributed by atoms with Crippen LogP contribution in [0.15, 0.2) is 66.7 Å². The molecule has 3 rings (SSSR count). The van der Waals surface area contributed by atoms with Crippen LogP contribution in [0.25, 0.3) is 0 Å². The van der Waals surface area contributed by atoms with E-state index in [1.54, 1.807) is 0 Å². The summed E-state index contributed by atoms with van der Waals surface area (Å²) in [5, 5.41) is 0. The van der Waals surface area contributed by atoms with E-state index in [2.05, 4.69) is 101 Å². The second kappa shape index (κ2) is 8.49. The molecule has 0 radical (unpaired) electrons. The molecule has 0 fully saturated rings. The van der Waals surface area contributed by atoms with Gasteiger partial charge in [-0.1, -0.05) is 83.4 Å². The number of hydrogen-bond acceptors (Lipinski definition) is 0. The van der Waals surface area contributed by atoms with Crippen LogP contribution in [0.1, 0.15) is 38.9 Å². The van der Waals surface area contributed by atoms with Gasteiger partial charge in [-0.05, 0) is 63.3 Å². The van der Waals surface area contributed by atoms with Gasteiger partial charge in [-0.3, -0.25) is 0 Å². The molecule has 0 aliphatic carbocycles. The van der Waals surface area contributed by atoms with Crippen LogP contribution in [0, 0.1) is 34.6 Å². The Morgan fingerprint density at radius 2 is 0.875 bits per heavy atom. The van der Waals surface area contributed by atoms with Crippen molar-refractivity contribution in [2.24, 2.45) is 0 Å². The average Bonchev–Trinajstić information content (AvgIpc) is 2.56. The van der Waals surface area contributed by atoms with Crippen LogP contribution in [0.5, 0.6) is 0 Å². The zero-order valence-electron chi connectivity index (χ0n) is 15.6. The van der Waals surface area contributed by atoms with Crippen LogP contribution < -0.4 is 0 Å². The summed E-state index contributed by atoms with van der Waals surface area (Å²) >= 11 is 0. The van der Waals surface area contributed by atoms with E-state index in [1.165, 1.54) is 38.9 Å². The summed E-state index contributed by atoms with van der Waals surface area (Å²) in [6.07, 6.45) is 1.03. The molecule has 0 aromatic heterocycles. The van der Waals surface area contributed by atoms with E-state index < -0.39 is 0 Å². The third-order valence-electron chi connectivity index (χ3n) is 4.31. The van der Waals surface area contributed by atoms with Gasteiger partial charge in [0.1, 0.15) is 0 Å². The van der Waals surface area contributed by atoms with E-state index in [0.717, 1.165) is 6.42 Å². The first-order valence-electron chi connectivity index (χ1n) is 8.59. The second-order valence-corrected chi connectivity index (χ2v) is 6.74.